The first-order valence-electron chi connectivity index (χ1n) is 5.38. The Balaban J connectivity index is 2.35. The Kier molecular flexibility index (Phi) is 5.53. The van der Waals surface area contributed by atoms with E-state index in [2.05, 4.69) is 11.8 Å². The molecule has 0 aromatic heterocycles. The predicted molar refractivity (Wildman–Crippen MR) is 60.5 cm³/mol. The van der Waals surface area contributed by atoms with E-state index in [1.807, 2.05) is 0 Å². The molecule has 0 aromatic rings. The van der Waals surface area contributed by atoms with Crippen LogP contribution in [0.4, 0.5) is 0 Å². The summed E-state index contributed by atoms with van der Waals surface area (Å²) in [4.78, 5) is 2.48. The highest BCUT2D eigenvalue weighted by atomic mass is 35.5. The Bertz CT molecular complexity index is 194. The second-order valence-electron chi connectivity index (χ2n) is 4.09. The van der Waals surface area contributed by atoms with E-state index in [4.69, 9.17) is 16.7 Å². The zero-order valence-corrected chi connectivity index (χ0v) is 9.63. The Morgan fingerprint density at radius 3 is 3.07 bits per heavy atom. The van der Waals surface area contributed by atoms with Crippen molar-refractivity contribution >= 4 is 11.6 Å². The van der Waals surface area contributed by atoms with E-state index >= 15 is 0 Å². The van der Waals surface area contributed by atoms with E-state index < -0.39 is 0 Å². The van der Waals surface area contributed by atoms with Crippen molar-refractivity contribution in [3.05, 3.63) is 11.1 Å². The van der Waals surface area contributed by atoms with Gasteiger partial charge in [-0.2, -0.15) is 0 Å². The summed E-state index contributed by atoms with van der Waals surface area (Å²) in [6.07, 6.45) is 4.60. The lowest BCUT2D eigenvalue weighted by molar-refractivity contribution is 0.227. The number of halogens is 1. The summed E-state index contributed by atoms with van der Waals surface area (Å²) in [5, 5.41) is 8.79. The third-order valence-electron chi connectivity index (χ3n) is 2.83. The first-order chi connectivity index (χ1) is 6.77. The molecule has 82 valence electrons. The van der Waals surface area contributed by atoms with Crippen LogP contribution in [-0.4, -0.2) is 35.7 Å². The molecule has 0 saturated carbocycles. The molecule has 1 rings (SSSR count). The van der Waals surface area contributed by atoms with E-state index in [1.165, 1.54) is 25.0 Å². The molecular weight excluding hydrogens is 198 g/mol. The maximum absolute atomic E-state index is 8.79. The standard InChI is InChI=1S/C11H20ClNO/c1-10(8-12)9-13-6-2-4-11(13)5-3-7-14/h8,11,14H,2-7,9H2,1H3. The minimum Gasteiger partial charge on any atom is -0.396 e. The van der Waals surface area contributed by atoms with Crippen LogP contribution < -0.4 is 0 Å². The van der Waals surface area contributed by atoms with E-state index in [0.717, 1.165) is 19.4 Å². The van der Waals surface area contributed by atoms with Crippen molar-refractivity contribution in [1.29, 1.82) is 0 Å². The fourth-order valence-electron chi connectivity index (χ4n) is 2.11. The van der Waals surface area contributed by atoms with Gasteiger partial charge in [0.2, 0.25) is 0 Å². The molecule has 1 atom stereocenters. The van der Waals surface area contributed by atoms with E-state index in [9.17, 15) is 0 Å². The summed E-state index contributed by atoms with van der Waals surface area (Å²) in [6.45, 7) is 4.54. The topological polar surface area (TPSA) is 23.5 Å². The van der Waals surface area contributed by atoms with Crippen LogP contribution >= 0.6 is 11.6 Å². The van der Waals surface area contributed by atoms with Crippen LogP contribution in [0, 0.1) is 0 Å². The van der Waals surface area contributed by atoms with Gasteiger partial charge in [-0.25, -0.2) is 0 Å². The van der Waals surface area contributed by atoms with Gasteiger partial charge in [0.25, 0.3) is 0 Å². The summed E-state index contributed by atoms with van der Waals surface area (Å²) in [5.41, 5.74) is 2.89. The first kappa shape index (κ1) is 12.0. The van der Waals surface area contributed by atoms with Crippen molar-refractivity contribution in [3.63, 3.8) is 0 Å². The summed E-state index contributed by atoms with van der Waals surface area (Å²) in [6, 6.07) is 0.661. The maximum Gasteiger partial charge on any atom is 0.0431 e. The number of hydrogen-bond acceptors (Lipinski definition) is 2. The van der Waals surface area contributed by atoms with E-state index in [-0.39, 0.29) is 0 Å². The number of hydrogen-bond donors (Lipinski definition) is 1. The minimum absolute atomic E-state index is 0.314. The molecule has 0 bridgehead atoms. The Morgan fingerprint density at radius 2 is 2.43 bits per heavy atom. The molecule has 2 nitrogen and oxygen atoms in total. The van der Waals surface area contributed by atoms with Crippen LogP contribution in [0.25, 0.3) is 0 Å². The summed E-state index contributed by atoms with van der Waals surface area (Å²) in [7, 11) is 0. The molecule has 1 unspecified atom stereocenters. The van der Waals surface area contributed by atoms with Crippen molar-refractivity contribution in [2.45, 2.75) is 38.6 Å². The SMILES string of the molecule is CC(=CCl)CN1CCCC1CCCO. The van der Waals surface area contributed by atoms with Gasteiger partial charge < -0.3 is 5.11 Å². The molecule has 1 aliphatic rings. The molecular formula is C11H20ClNO. The van der Waals surface area contributed by atoms with Crippen molar-refractivity contribution in [1.82, 2.24) is 4.90 Å². The molecule has 0 spiro atoms. The molecule has 0 radical (unpaired) electrons. The van der Waals surface area contributed by atoms with Gasteiger partial charge in [-0.15, -0.1) is 0 Å². The van der Waals surface area contributed by atoms with Crippen molar-refractivity contribution in [3.8, 4) is 0 Å². The van der Waals surface area contributed by atoms with Gasteiger partial charge in [0.05, 0.1) is 0 Å². The minimum atomic E-state index is 0.314. The van der Waals surface area contributed by atoms with Gasteiger partial charge >= 0.3 is 0 Å². The molecule has 1 saturated heterocycles. The van der Waals surface area contributed by atoms with Crippen LogP contribution in [0.3, 0.4) is 0 Å². The highest BCUT2D eigenvalue weighted by Crippen LogP contribution is 2.22. The maximum atomic E-state index is 8.79. The molecule has 1 aliphatic heterocycles. The van der Waals surface area contributed by atoms with Crippen LogP contribution in [0.2, 0.25) is 0 Å². The Morgan fingerprint density at radius 1 is 1.64 bits per heavy atom. The van der Waals surface area contributed by atoms with E-state index in [1.54, 1.807) is 5.54 Å². The molecule has 14 heavy (non-hydrogen) atoms. The molecule has 1 N–H and O–H groups in total. The second-order valence-corrected chi connectivity index (χ2v) is 4.31. The summed E-state index contributed by atoms with van der Waals surface area (Å²) < 4.78 is 0. The van der Waals surface area contributed by atoms with Crippen molar-refractivity contribution in [2.24, 2.45) is 0 Å². The molecule has 1 fully saturated rings. The lowest BCUT2D eigenvalue weighted by Gasteiger charge is -2.24. The monoisotopic (exact) mass is 217 g/mol. The third-order valence-corrected chi connectivity index (χ3v) is 3.21. The highest BCUT2D eigenvalue weighted by Gasteiger charge is 2.23. The lowest BCUT2D eigenvalue weighted by atomic mass is 10.1. The average molecular weight is 218 g/mol. The van der Waals surface area contributed by atoms with Crippen LogP contribution in [-0.2, 0) is 0 Å². The Hall–Kier alpha value is -0.0500. The highest BCUT2D eigenvalue weighted by molar-refractivity contribution is 6.25. The predicted octanol–water partition coefficient (Wildman–Crippen LogP) is 2.37. The van der Waals surface area contributed by atoms with Gasteiger partial charge in [-0.3, -0.25) is 4.90 Å². The van der Waals surface area contributed by atoms with Crippen LogP contribution in [0.15, 0.2) is 11.1 Å². The summed E-state index contributed by atoms with van der Waals surface area (Å²) >= 11 is 5.65. The van der Waals surface area contributed by atoms with Gasteiger partial charge in [-0.05, 0) is 44.7 Å². The number of aliphatic hydroxyl groups is 1. The average Bonchev–Trinajstić information content (AvgIpc) is 2.62. The zero-order chi connectivity index (χ0) is 10.4. The van der Waals surface area contributed by atoms with E-state index in [0.29, 0.717) is 12.6 Å². The normalized spacial score (nSPS) is 24.5. The zero-order valence-electron chi connectivity index (χ0n) is 8.88. The molecule has 3 heteroatoms. The van der Waals surface area contributed by atoms with Gasteiger partial charge in [-0.1, -0.05) is 11.6 Å². The number of rotatable bonds is 5. The van der Waals surface area contributed by atoms with Gasteiger partial charge in [0.1, 0.15) is 0 Å². The molecule has 0 aliphatic carbocycles. The van der Waals surface area contributed by atoms with Crippen LogP contribution in [0.1, 0.15) is 32.6 Å². The number of likely N-dealkylation sites (tertiary alicyclic amines) is 1. The van der Waals surface area contributed by atoms with Crippen LogP contribution in [0.5, 0.6) is 0 Å². The quantitative estimate of drug-likeness (QED) is 0.765. The van der Waals surface area contributed by atoms with Crippen molar-refractivity contribution in [2.75, 3.05) is 19.7 Å². The molecule has 1 heterocycles. The smallest absolute Gasteiger partial charge is 0.0431 e. The largest absolute Gasteiger partial charge is 0.396 e. The lowest BCUT2D eigenvalue weighted by Crippen LogP contribution is -2.30. The van der Waals surface area contributed by atoms with Gasteiger partial charge in [0, 0.05) is 24.7 Å². The fraction of sp³-hybridized carbons (Fsp3) is 0.818. The molecule has 0 amide bonds. The van der Waals surface area contributed by atoms with Gasteiger partial charge in [0.15, 0.2) is 0 Å². The summed E-state index contributed by atoms with van der Waals surface area (Å²) in [5.74, 6) is 0. The first-order valence-corrected chi connectivity index (χ1v) is 5.82. The van der Waals surface area contributed by atoms with Crippen molar-refractivity contribution < 1.29 is 5.11 Å². The molecule has 0 aromatic carbocycles. The Labute approximate surface area is 91.6 Å². The third kappa shape index (κ3) is 3.60. The second kappa shape index (κ2) is 6.44. The number of nitrogens with zero attached hydrogens (tertiary/aromatic N) is 1. The fourth-order valence-corrected chi connectivity index (χ4v) is 2.18. The number of aliphatic hydroxyl groups excluding tert-OH is 1.